The topological polar surface area (TPSA) is 40.1 Å². The molecule has 0 saturated heterocycles. The smallest absolute Gasteiger partial charge is 0.346 e. The SMILES string of the molecule is O=C([O-])C(F)(F)C(F)F. The van der Waals surface area contributed by atoms with Gasteiger partial charge in [0, 0.05) is 0 Å². The lowest BCUT2D eigenvalue weighted by Crippen LogP contribution is -2.46. The molecule has 2 nitrogen and oxygen atoms in total. The molecule has 0 radical (unpaired) electrons. The van der Waals surface area contributed by atoms with Crippen molar-refractivity contribution in [1.29, 1.82) is 0 Å². The minimum atomic E-state index is -5.03. The molecule has 0 aromatic rings. The van der Waals surface area contributed by atoms with Crippen molar-refractivity contribution >= 4 is 5.97 Å². The predicted octanol–water partition coefficient (Wildman–Crippen LogP) is -0.363. The van der Waals surface area contributed by atoms with Crippen LogP contribution in [-0.2, 0) is 4.79 Å². The van der Waals surface area contributed by atoms with Crippen LogP contribution in [0.3, 0.4) is 0 Å². The highest BCUT2D eigenvalue weighted by Crippen LogP contribution is 2.21. The van der Waals surface area contributed by atoms with Crippen molar-refractivity contribution in [2.45, 2.75) is 12.3 Å². The van der Waals surface area contributed by atoms with E-state index < -0.39 is 18.3 Å². The van der Waals surface area contributed by atoms with Gasteiger partial charge in [-0.2, -0.15) is 8.78 Å². The Kier molecular flexibility index (Phi) is 2.00. The molecule has 54 valence electrons. The van der Waals surface area contributed by atoms with E-state index in [-0.39, 0.29) is 0 Å². The van der Waals surface area contributed by atoms with Crippen LogP contribution in [0.2, 0.25) is 0 Å². The lowest BCUT2D eigenvalue weighted by atomic mass is 10.4. The molecule has 0 bridgehead atoms. The standard InChI is InChI=1S/C3H2F4O2/c4-1(5)3(6,7)2(8)9/h1H,(H,8,9)/p-1. The number of aliphatic carboxylic acids is 1. The van der Waals surface area contributed by atoms with Crippen molar-refractivity contribution in [3.8, 4) is 0 Å². The fourth-order valence-corrected chi connectivity index (χ4v) is 0.0891. The monoisotopic (exact) mass is 145 g/mol. The first-order valence-electron chi connectivity index (χ1n) is 1.76. The number of hydrogen-bond donors (Lipinski definition) is 0. The van der Waals surface area contributed by atoms with Crippen LogP contribution in [0.1, 0.15) is 0 Å². The molecule has 0 spiro atoms. The van der Waals surface area contributed by atoms with Gasteiger partial charge in [-0.1, -0.05) is 0 Å². The average molecular weight is 145 g/mol. The molecule has 0 rings (SSSR count). The van der Waals surface area contributed by atoms with Crippen molar-refractivity contribution in [3.05, 3.63) is 0 Å². The zero-order chi connectivity index (χ0) is 7.65. The molecule has 0 heterocycles. The summed E-state index contributed by atoms with van der Waals surface area (Å²) in [5.74, 6) is -8.09. The third-order valence-corrected chi connectivity index (χ3v) is 0.546. The highest BCUT2D eigenvalue weighted by Gasteiger charge is 2.42. The van der Waals surface area contributed by atoms with Gasteiger partial charge in [-0.3, -0.25) is 0 Å². The molecule has 9 heavy (non-hydrogen) atoms. The second kappa shape index (κ2) is 2.20. The Labute approximate surface area is 47.1 Å². The van der Waals surface area contributed by atoms with Gasteiger partial charge in [-0.25, -0.2) is 8.78 Å². The minimum Gasteiger partial charge on any atom is -0.544 e. The van der Waals surface area contributed by atoms with E-state index in [1.165, 1.54) is 0 Å². The van der Waals surface area contributed by atoms with Crippen LogP contribution in [0.15, 0.2) is 0 Å². The Balaban J connectivity index is 4.19. The van der Waals surface area contributed by atoms with E-state index in [9.17, 15) is 17.6 Å². The molecule has 0 aromatic heterocycles. The number of carbonyl (C=O) groups excluding carboxylic acids is 1. The first kappa shape index (κ1) is 8.19. The van der Waals surface area contributed by atoms with Gasteiger partial charge >= 0.3 is 12.3 Å². The van der Waals surface area contributed by atoms with Crippen LogP contribution in [0, 0.1) is 0 Å². The zero-order valence-corrected chi connectivity index (χ0v) is 3.91. The molecule has 0 N–H and O–H groups in total. The summed E-state index contributed by atoms with van der Waals surface area (Å²) >= 11 is 0. The number of rotatable bonds is 2. The predicted molar refractivity (Wildman–Crippen MR) is 16.0 cm³/mol. The Bertz CT molecular complexity index is 121. The quantitative estimate of drug-likeness (QED) is 0.497. The summed E-state index contributed by atoms with van der Waals surface area (Å²) in [5.41, 5.74) is 0. The van der Waals surface area contributed by atoms with Crippen LogP contribution in [-0.4, -0.2) is 18.3 Å². The summed E-state index contributed by atoms with van der Waals surface area (Å²) in [4.78, 5) is 9.12. The van der Waals surface area contributed by atoms with Crippen LogP contribution < -0.4 is 5.11 Å². The molecule has 0 atom stereocenters. The molecule has 0 amide bonds. The van der Waals surface area contributed by atoms with E-state index in [1.807, 2.05) is 0 Å². The molecule has 0 saturated carbocycles. The second-order valence-corrected chi connectivity index (χ2v) is 1.21. The Hall–Kier alpha value is -0.810. The highest BCUT2D eigenvalue weighted by molar-refractivity contribution is 5.73. The number of carboxylic acid groups (broad SMARTS) is 1. The molecule has 0 aliphatic rings. The Morgan fingerprint density at radius 2 is 1.78 bits per heavy atom. The third-order valence-electron chi connectivity index (χ3n) is 0.546. The summed E-state index contributed by atoms with van der Waals surface area (Å²) in [7, 11) is 0. The number of hydrogen-bond acceptors (Lipinski definition) is 2. The van der Waals surface area contributed by atoms with Gasteiger partial charge < -0.3 is 9.90 Å². The van der Waals surface area contributed by atoms with E-state index in [0.717, 1.165) is 0 Å². The summed E-state index contributed by atoms with van der Waals surface area (Å²) in [6.07, 6.45) is -4.21. The van der Waals surface area contributed by atoms with Gasteiger partial charge in [0.1, 0.15) is 5.97 Å². The van der Waals surface area contributed by atoms with E-state index >= 15 is 0 Å². The summed E-state index contributed by atoms with van der Waals surface area (Å²) in [6, 6.07) is 0. The van der Waals surface area contributed by atoms with E-state index in [4.69, 9.17) is 9.90 Å². The van der Waals surface area contributed by atoms with Gasteiger partial charge in [0.2, 0.25) is 0 Å². The summed E-state index contributed by atoms with van der Waals surface area (Å²) in [5, 5.41) is 9.12. The zero-order valence-electron chi connectivity index (χ0n) is 3.91. The lowest BCUT2D eigenvalue weighted by Gasteiger charge is -2.14. The Morgan fingerprint density at radius 3 is 1.78 bits per heavy atom. The molecule has 0 aromatic carbocycles. The normalized spacial score (nSPS) is 12.1. The van der Waals surface area contributed by atoms with E-state index in [0.29, 0.717) is 0 Å². The third kappa shape index (κ3) is 1.55. The first-order valence-corrected chi connectivity index (χ1v) is 1.76. The van der Waals surface area contributed by atoms with Gasteiger partial charge in [0.15, 0.2) is 0 Å². The maximum absolute atomic E-state index is 11.3. The summed E-state index contributed by atoms with van der Waals surface area (Å²) < 4.78 is 44.3. The van der Waals surface area contributed by atoms with Crippen LogP contribution >= 0.6 is 0 Å². The van der Waals surface area contributed by atoms with Crippen LogP contribution in [0.25, 0.3) is 0 Å². The number of carbonyl (C=O) groups is 1. The van der Waals surface area contributed by atoms with Crippen molar-refractivity contribution in [2.24, 2.45) is 0 Å². The summed E-state index contributed by atoms with van der Waals surface area (Å²) in [6.45, 7) is 0. The minimum absolute atomic E-state index is 3.06. The molecule has 0 aliphatic heterocycles. The molecular weight excluding hydrogens is 144 g/mol. The van der Waals surface area contributed by atoms with Crippen molar-refractivity contribution in [2.75, 3.05) is 0 Å². The number of carboxylic acids is 1. The fraction of sp³-hybridized carbons (Fsp3) is 0.667. The van der Waals surface area contributed by atoms with Gasteiger partial charge in [-0.05, 0) is 0 Å². The van der Waals surface area contributed by atoms with Crippen LogP contribution in [0.4, 0.5) is 17.6 Å². The van der Waals surface area contributed by atoms with E-state index in [1.54, 1.807) is 0 Å². The largest absolute Gasteiger partial charge is 0.544 e. The van der Waals surface area contributed by atoms with Gasteiger partial charge in [-0.15, -0.1) is 0 Å². The highest BCUT2D eigenvalue weighted by atomic mass is 19.3. The Morgan fingerprint density at radius 1 is 1.44 bits per heavy atom. The van der Waals surface area contributed by atoms with Crippen molar-refractivity contribution < 1.29 is 27.5 Å². The maximum atomic E-state index is 11.3. The number of alkyl halides is 4. The van der Waals surface area contributed by atoms with Gasteiger partial charge in [0.25, 0.3) is 0 Å². The van der Waals surface area contributed by atoms with E-state index in [2.05, 4.69) is 0 Å². The van der Waals surface area contributed by atoms with Gasteiger partial charge in [0.05, 0.1) is 0 Å². The maximum Gasteiger partial charge on any atom is 0.346 e. The van der Waals surface area contributed by atoms with Crippen molar-refractivity contribution in [3.63, 3.8) is 0 Å². The average Bonchev–Trinajstić information content (AvgIpc) is 1.65. The molecule has 6 heteroatoms. The molecule has 0 aliphatic carbocycles. The number of halogens is 4. The second-order valence-electron chi connectivity index (χ2n) is 1.21. The first-order chi connectivity index (χ1) is 3.89. The molecule has 0 unspecified atom stereocenters. The van der Waals surface area contributed by atoms with Crippen LogP contribution in [0.5, 0.6) is 0 Å². The van der Waals surface area contributed by atoms with Crippen molar-refractivity contribution in [1.82, 2.24) is 0 Å². The molecule has 0 fully saturated rings. The fourth-order valence-electron chi connectivity index (χ4n) is 0.0891. The molecular formula is C3HF4O2-. The lowest BCUT2D eigenvalue weighted by molar-refractivity contribution is -0.338.